The van der Waals surface area contributed by atoms with Crippen LogP contribution in [0.1, 0.15) is 34.3 Å². The quantitative estimate of drug-likeness (QED) is 0.852. The van der Waals surface area contributed by atoms with Gasteiger partial charge in [0.2, 0.25) is 11.8 Å². The number of carbonyl (C=O) groups excluding carboxylic acids is 2. The summed E-state index contributed by atoms with van der Waals surface area (Å²) in [6.45, 7) is 2.38. The molecule has 1 aliphatic heterocycles. The summed E-state index contributed by atoms with van der Waals surface area (Å²) in [7, 11) is -3.53. The third-order valence-corrected chi connectivity index (χ3v) is 6.51. The number of primary amides is 1. The summed E-state index contributed by atoms with van der Waals surface area (Å²) in [5.41, 5.74) is 8.22. The van der Waals surface area contributed by atoms with E-state index in [0.717, 1.165) is 11.1 Å². The summed E-state index contributed by atoms with van der Waals surface area (Å²) in [5.74, 6) is -1.05. The van der Waals surface area contributed by atoms with Gasteiger partial charge in [-0.2, -0.15) is 0 Å². The van der Waals surface area contributed by atoms with Gasteiger partial charge in [0.25, 0.3) is 0 Å². The van der Waals surface area contributed by atoms with E-state index in [9.17, 15) is 18.0 Å². The second-order valence-corrected chi connectivity index (χ2v) is 8.81. The van der Waals surface area contributed by atoms with Gasteiger partial charge in [-0.25, -0.2) is 8.42 Å². The van der Waals surface area contributed by atoms with Crippen molar-refractivity contribution >= 4 is 27.3 Å². The summed E-state index contributed by atoms with van der Waals surface area (Å²) in [6, 6.07) is 11.7. The lowest BCUT2D eigenvalue weighted by Crippen LogP contribution is -2.37. The summed E-state index contributed by atoms with van der Waals surface area (Å²) in [5, 5.41) is 0. The van der Waals surface area contributed by atoms with Crippen molar-refractivity contribution in [2.24, 2.45) is 5.73 Å². The molecule has 0 unspecified atom stereocenters. The predicted octanol–water partition coefficient (Wildman–Crippen LogP) is 2.24. The van der Waals surface area contributed by atoms with E-state index in [0.29, 0.717) is 30.6 Å². The summed E-state index contributed by atoms with van der Waals surface area (Å²) < 4.78 is 25.0. The fourth-order valence-corrected chi connectivity index (χ4v) is 4.56. The molecule has 0 aliphatic carbocycles. The Hall–Kier alpha value is -2.67. The van der Waals surface area contributed by atoms with Crippen molar-refractivity contribution in [3.63, 3.8) is 0 Å². The molecule has 0 saturated carbocycles. The molecule has 0 atom stereocenters. The van der Waals surface area contributed by atoms with E-state index < -0.39 is 15.7 Å². The minimum atomic E-state index is -3.53. The zero-order valence-electron chi connectivity index (χ0n) is 15.1. The number of amides is 2. The van der Waals surface area contributed by atoms with E-state index in [-0.39, 0.29) is 23.0 Å². The molecule has 1 aliphatic rings. The van der Waals surface area contributed by atoms with Crippen LogP contribution >= 0.6 is 0 Å². The standard InChI is InChI=1S/C20H22N2O4S/c1-14-7-9-15(10-8-14)27(25,26)13-11-19(23)22-12-3-5-16-17(20(21)24)4-2-6-18(16)22/h2,4,6-10H,3,5,11-13H2,1H3,(H2,21,24). The minimum Gasteiger partial charge on any atom is -0.366 e. The number of hydrogen-bond donors (Lipinski definition) is 1. The highest BCUT2D eigenvalue weighted by molar-refractivity contribution is 7.91. The molecule has 1 heterocycles. The molecule has 27 heavy (non-hydrogen) atoms. The number of rotatable bonds is 5. The van der Waals surface area contributed by atoms with Gasteiger partial charge in [0, 0.05) is 24.2 Å². The molecule has 0 aromatic heterocycles. The number of anilines is 1. The van der Waals surface area contributed by atoms with Crippen LogP contribution in [-0.2, 0) is 21.1 Å². The molecule has 0 fully saturated rings. The van der Waals surface area contributed by atoms with Crippen LogP contribution in [0.5, 0.6) is 0 Å². The van der Waals surface area contributed by atoms with Crippen molar-refractivity contribution < 1.29 is 18.0 Å². The van der Waals surface area contributed by atoms with Crippen LogP contribution in [0.2, 0.25) is 0 Å². The van der Waals surface area contributed by atoms with Gasteiger partial charge in [-0.15, -0.1) is 0 Å². The second kappa shape index (κ2) is 7.52. The Morgan fingerprint density at radius 2 is 1.81 bits per heavy atom. The van der Waals surface area contributed by atoms with Crippen LogP contribution < -0.4 is 10.6 Å². The van der Waals surface area contributed by atoms with Crippen molar-refractivity contribution in [2.45, 2.75) is 31.1 Å². The molecule has 6 nitrogen and oxygen atoms in total. The van der Waals surface area contributed by atoms with Gasteiger partial charge in [-0.1, -0.05) is 23.8 Å². The summed E-state index contributed by atoms with van der Waals surface area (Å²) in [4.78, 5) is 26.1. The molecule has 2 aromatic rings. The first-order valence-electron chi connectivity index (χ1n) is 8.81. The smallest absolute Gasteiger partial charge is 0.249 e. The first-order valence-corrected chi connectivity index (χ1v) is 10.5. The Kier molecular flexibility index (Phi) is 5.32. The average Bonchev–Trinajstić information content (AvgIpc) is 2.65. The fourth-order valence-electron chi connectivity index (χ4n) is 3.33. The lowest BCUT2D eigenvalue weighted by molar-refractivity contribution is -0.118. The average molecular weight is 386 g/mol. The zero-order valence-corrected chi connectivity index (χ0v) is 16.0. The van der Waals surface area contributed by atoms with E-state index >= 15 is 0 Å². The first-order chi connectivity index (χ1) is 12.8. The van der Waals surface area contributed by atoms with Crippen LogP contribution in [0, 0.1) is 6.92 Å². The highest BCUT2D eigenvalue weighted by Crippen LogP contribution is 2.30. The van der Waals surface area contributed by atoms with Crippen LogP contribution in [-0.4, -0.2) is 32.5 Å². The van der Waals surface area contributed by atoms with Crippen LogP contribution in [0.4, 0.5) is 5.69 Å². The third kappa shape index (κ3) is 4.03. The van der Waals surface area contributed by atoms with Gasteiger partial charge in [0.1, 0.15) is 0 Å². The zero-order chi connectivity index (χ0) is 19.6. The van der Waals surface area contributed by atoms with Crippen molar-refractivity contribution in [1.29, 1.82) is 0 Å². The van der Waals surface area contributed by atoms with E-state index in [1.807, 2.05) is 6.92 Å². The molecule has 7 heteroatoms. The number of benzene rings is 2. The highest BCUT2D eigenvalue weighted by Gasteiger charge is 2.26. The van der Waals surface area contributed by atoms with Gasteiger partial charge >= 0.3 is 0 Å². The Balaban J connectivity index is 1.77. The van der Waals surface area contributed by atoms with Crippen molar-refractivity contribution in [3.8, 4) is 0 Å². The van der Waals surface area contributed by atoms with Crippen molar-refractivity contribution in [3.05, 3.63) is 59.2 Å². The monoisotopic (exact) mass is 386 g/mol. The Morgan fingerprint density at radius 1 is 1.11 bits per heavy atom. The number of nitrogens with zero attached hydrogens (tertiary/aromatic N) is 1. The maximum absolute atomic E-state index is 12.7. The molecule has 0 bridgehead atoms. The number of hydrogen-bond acceptors (Lipinski definition) is 4. The normalized spacial score (nSPS) is 13.9. The lowest BCUT2D eigenvalue weighted by atomic mass is 9.95. The van der Waals surface area contributed by atoms with Gasteiger partial charge < -0.3 is 10.6 Å². The van der Waals surface area contributed by atoms with Gasteiger partial charge in [0.05, 0.1) is 10.6 Å². The molecule has 0 spiro atoms. The summed E-state index contributed by atoms with van der Waals surface area (Å²) in [6.07, 6.45) is 1.25. The van der Waals surface area contributed by atoms with E-state index in [4.69, 9.17) is 5.73 Å². The van der Waals surface area contributed by atoms with E-state index in [2.05, 4.69) is 0 Å². The molecular weight excluding hydrogens is 364 g/mol. The summed E-state index contributed by atoms with van der Waals surface area (Å²) >= 11 is 0. The topological polar surface area (TPSA) is 97.5 Å². The van der Waals surface area contributed by atoms with Gasteiger partial charge in [-0.3, -0.25) is 9.59 Å². The van der Waals surface area contributed by atoms with Crippen LogP contribution in [0.3, 0.4) is 0 Å². The first kappa shape index (κ1) is 19.1. The molecule has 0 radical (unpaired) electrons. The van der Waals surface area contributed by atoms with Crippen molar-refractivity contribution in [2.75, 3.05) is 17.2 Å². The van der Waals surface area contributed by atoms with E-state index in [1.54, 1.807) is 47.4 Å². The molecule has 3 rings (SSSR count). The largest absolute Gasteiger partial charge is 0.366 e. The molecule has 2 aromatic carbocycles. The minimum absolute atomic E-state index is 0.115. The second-order valence-electron chi connectivity index (χ2n) is 6.70. The molecular formula is C20H22N2O4S. The van der Waals surface area contributed by atoms with Gasteiger partial charge in [0.15, 0.2) is 9.84 Å². The third-order valence-electron chi connectivity index (χ3n) is 4.78. The molecule has 142 valence electrons. The lowest BCUT2D eigenvalue weighted by Gasteiger charge is -2.30. The maximum Gasteiger partial charge on any atom is 0.249 e. The van der Waals surface area contributed by atoms with E-state index in [1.165, 1.54) is 0 Å². The fraction of sp³-hybridized carbons (Fsp3) is 0.300. The predicted molar refractivity (Wildman–Crippen MR) is 103 cm³/mol. The number of aryl methyl sites for hydroxylation is 1. The van der Waals surface area contributed by atoms with Crippen LogP contribution in [0.25, 0.3) is 0 Å². The molecule has 2 N–H and O–H groups in total. The molecule has 2 amide bonds. The number of carbonyl (C=O) groups is 2. The number of nitrogens with two attached hydrogens (primary N) is 1. The Bertz CT molecular complexity index is 982. The molecule has 0 saturated heterocycles. The highest BCUT2D eigenvalue weighted by atomic mass is 32.2. The Morgan fingerprint density at radius 3 is 2.48 bits per heavy atom. The van der Waals surface area contributed by atoms with Gasteiger partial charge in [-0.05, 0) is 49.6 Å². The van der Waals surface area contributed by atoms with Crippen LogP contribution in [0.15, 0.2) is 47.4 Å². The Labute approximate surface area is 158 Å². The maximum atomic E-state index is 12.7. The van der Waals surface area contributed by atoms with Crippen molar-refractivity contribution in [1.82, 2.24) is 0 Å². The number of fused-ring (bicyclic) bond motifs is 1. The number of sulfone groups is 1. The SMILES string of the molecule is Cc1ccc(S(=O)(=O)CCC(=O)N2CCCc3c(C(N)=O)cccc32)cc1.